The summed E-state index contributed by atoms with van der Waals surface area (Å²) in [5.74, 6) is -0.704. The van der Waals surface area contributed by atoms with Gasteiger partial charge in [0, 0.05) is 0 Å². The van der Waals surface area contributed by atoms with Gasteiger partial charge in [-0.25, -0.2) is 0 Å². The molecule has 0 spiro atoms. The zero-order valence-electron chi connectivity index (χ0n) is 38.7. The highest BCUT2D eigenvalue weighted by Gasteiger charge is 2.44. The average Bonchev–Trinajstić information content (AvgIpc) is 3.25. The molecule has 0 aromatic rings. The van der Waals surface area contributed by atoms with E-state index in [1.54, 1.807) is 0 Å². The Hall–Kier alpha value is -0.890. The lowest BCUT2D eigenvalue weighted by Crippen LogP contribution is -2.60. The maximum atomic E-state index is 12.9. The minimum absolute atomic E-state index is 0.264. The molecule has 11 heteroatoms. The highest BCUT2D eigenvalue weighted by atomic mass is 16.7. The Labute approximate surface area is 367 Å². The number of carbonyl (C=O) groups is 1. The van der Waals surface area contributed by atoms with E-state index in [9.17, 15) is 40.5 Å². The van der Waals surface area contributed by atoms with Crippen LogP contribution in [0.4, 0.5) is 0 Å². The first-order valence-electron chi connectivity index (χ1n) is 25.4. The number of amides is 1. The topological polar surface area (TPSA) is 189 Å². The summed E-state index contributed by atoms with van der Waals surface area (Å²) in [5, 5.41) is 74.4. The fourth-order valence-corrected chi connectivity index (χ4v) is 8.43. The van der Waals surface area contributed by atoms with E-state index in [1.807, 2.05) is 6.92 Å². The summed E-state index contributed by atoms with van der Waals surface area (Å²) in [7, 11) is 0. The smallest absolute Gasteiger partial charge is 0.249 e. The molecule has 0 aliphatic carbocycles. The van der Waals surface area contributed by atoms with Crippen LogP contribution in [0.5, 0.6) is 0 Å². The van der Waals surface area contributed by atoms with E-state index in [0.717, 1.165) is 25.7 Å². The van der Waals surface area contributed by atoms with Gasteiger partial charge in [-0.2, -0.15) is 0 Å². The molecule has 0 aromatic heterocycles. The van der Waals surface area contributed by atoms with Crippen LogP contribution < -0.4 is 5.32 Å². The normalized spacial score (nSPS) is 21.5. The Morgan fingerprint density at radius 3 is 1.25 bits per heavy atom. The van der Waals surface area contributed by atoms with Gasteiger partial charge in [-0.15, -0.1) is 0 Å². The highest BCUT2D eigenvalue weighted by Crippen LogP contribution is 2.23. The second-order valence-electron chi connectivity index (χ2n) is 18.3. The number of aliphatic hydroxyl groups is 7. The summed E-state index contributed by atoms with van der Waals surface area (Å²) in [5.41, 5.74) is 0. The van der Waals surface area contributed by atoms with Crippen molar-refractivity contribution in [3.63, 3.8) is 0 Å². The number of hydrogen-bond donors (Lipinski definition) is 8. The van der Waals surface area contributed by atoms with E-state index < -0.39 is 74.2 Å². The van der Waals surface area contributed by atoms with Gasteiger partial charge < -0.3 is 50.5 Å². The fourth-order valence-electron chi connectivity index (χ4n) is 8.43. The third kappa shape index (κ3) is 28.7. The summed E-state index contributed by atoms with van der Waals surface area (Å²) >= 11 is 0. The molecule has 0 saturated carbocycles. The van der Waals surface area contributed by atoms with E-state index in [0.29, 0.717) is 12.8 Å². The Morgan fingerprint density at radius 1 is 0.517 bits per heavy atom. The first-order valence-corrected chi connectivity index (χ1v) is 25.4. The SMILES string of the molecule is CCCCCCCCCCCCCCCCCCCCCCCCCCCCCCCCCC(O)C(=O)NC(COC1OC(CO)C(O)C(O)C1O)C(O)C(O)CCCC. The molecule has 0 aromatic carbocycles. The van der Waals surface area contributed by atoms with Crippen molar-refractivity contribution in [1.82, 2.24) is 5.32 Å². The molecule has 60 heavy (non-hydrogen) atoms. The predicted octanol–water partition coefficient (Wildman–Crippen LogP) is 9.06. The fraction of sp³-hybridized carbons (Fsp3) is 0.980. The predicted molar refractivity (Wildman–Crippen MR) is 243 cm³/mol. The van der Waals surface area contributed by atoms with E-state index in [2.05, 4.69) is 12.2 Å². The van der Waals surface area contributed by atoms with Gasteiger partial charge >= 0.3 is 0 Å². The van der Waals surface area contributed by atoms with Crippen molar-refractivity contribution >= 4 is 5.91 Å². The Morgan fingerprint density at radius 2 is 0.883 bits per heavy atom. The maximum absolute atomic E-state index is 12.9. The number of hydrogen-bond acceptors (Lipinski definition) is 10. The first-order chi connectivity index (χ1) is 29.2. The second kappa shape index (κ2) is 39.7. The molecule has 1 fully saturated rings. The van der Waals surface area contributed by atoms with Crippen molar-refractivity contribution in [1.29, 1.82) is 0 Å². The highest BCUT2D eigenvalue weighted by molar-refractivity contribution is 5.80. The van der Waals surface area contributed by atoms with Crippen molar-refractivity contribution in [2.45, 2.75) is 294 Å². The molecule has 8 N–H and O–H groups in total. The van der Waals surface area contributed by atoms with Crippen LogP contribution in [0.1, 0.15) is 239 Å². The molecule has 1 aliphatic rings. The van der Waals surface area contributed by atoms with Crippen LogP contribution >= 0.6 is 0 Å². The lowest BCUT2D eigenvalue weighted by molar-refractivity contribution is -0.303. The number of ether oxygens (including phenoxy) is 2. The maximum Gasteiger partial charge on any atom is 0.249 e. The van der Waals surface area contributed by atoms with E-state index in [1.165, 1.54) is 173 Å². The largest absolute Gasteiger partial charge is 0.394 e. The number of rotatable bonds is 43. The molecule has 1 rings (SSSR count). The molecular weight excluding hydrogens is 763 g/mol. The molecule has 1 amide bonds. The van der Waals surface area contributed by atoms with E-state index in [4.69, 9.17) is 9.47 Å². The minimum Gasteiger partial charge on any atom is -0.394 e. The second-order valence-corrected chi connectivity index (χ2v) is 18.3. The van der Waals surface area contributed by atoms with E-state index >= 15 is 0 Å². The van der Waals surface area contributed by atoms with Crippen LogP contribution in [0.15, 0.2) is 0 Å². The minimum atomic E-state index is -1.65. The summed E-state index contributed by atoms with van der Waals surface area (Å²) in [6.07, 6.45) is 32.1. The van der Waals surface area contributed by atoms with Gasteiger partial charge in [-0.3, -0.25) is 4.79 Å². The van der Waals surface area contributed by atoms with Gasteiger partial charge in [0.05, 0.1) is 25.4 Å². The van der Waals surface area contributed by atoms with Crippen LogP contribution in [0, 0.1) is 0 Å². The van der Waals surface area contributed by atoms with Gasteiger partial charge in [-0.1, -0.05) is 226 Å². The average molecular weight is 860 g/mol. The summed E-state index contributed by atoms with van der Waals surface area (Å²) in [6, 6.07) is -1.16. The van der Waals surface area contributed by atoms with Crippen molar-refractivity contribution in [3.8, 4) is 0 Å². The lowest BCUT2D eigenvalue weighted by atomic mass is 9.99. The van der Waals surface area contributed by atoms with Crippen LogP contribution in [-0.2, 0) is 14.3 Å². The monoisotopic (exact) mass is 860 g/mol. The number of unbranched alkanes of at least 4 members (excludes halogenated alkanes) is 31. The third-order valence-electron chi connectivity index (χ3n) is 12.7. The van der Waals surface area contributed by atoms with Crippen molar-refractivity contribution in [2.75, 3.05) is 13.2 Å². The molecule has 1 aliphatic heterocycles. The van der Waals surface area contributed by atoms with Crippen molar-refractivity contribution in [3.05, 3.63) is 0 Å². The third-order valence-corrected chi connectivity index (χ3v) is 12.7. The lowest BCUT2D eigenvalue weighted by Gasteiger charge is -2.40. The van der Waals surface area contributed by atoms with Crippen LogP contribution in [0.2, 0.25) is 0 Å². The number of aliphatic hydroxyl groups excluding tert-OH is 7. The van der Waals surface area contributed by atoms with Gasteiger partial charge in [0.2, 0.25) is 5.91 Å². The van der Waals surface area contributed by atoms with Gasteiger partial charge in [0.25, 0.3) is 0 Å². The molecule has 0 radical (unpaired) electrons. The Kier molecular flexibility index (Phi) is 37.8. The van der Waals surface area contributed by atoms with Crippen molar-refractivity contribution in [2.24, 2.45) is 0 Å². The zero-order chi connectivity index (χ0) is 44.1. The van der Waals surface area contributed by atoms with Gasteiger partial charge in [0.15, 0.2) is 6.29 Å². The molecule has 0 bridgehead atoms. The Balaban J connectivity index is 2.02. The van der Waals surface area contributed by atoms with Crippen molar-refractivity contribution < 1.29 is 50.0 Å². The molecule has 9 unspecified atom stereocenters. The summed E-state index contributed by atoms with van der Waals surface area (Å²) in [4.78, 5) is 12.9. The molecule has 1 heterocycles. The molecule has 1 saturated heterocycles. The van der Waals surface area contributed by atoms with Crippen LogP contribution in [-0.4, -0.2) is 110 Å². The number of carbonyl (C=O) groups excluding carboxylic acids is 1. The van der Waals surface area contributed by atoms with Crippen LogP contribution in [0.25, 0.3) is 0 Å². The van der Waals surface area contributed by atoms with Gasteiger partial charge in [-0.05, 0) is 12.8 Å². The molecule has 358 valence electrons. The zero-order valence-corrected chi connectivity index (χ0v) is 38.7. The van der Waals surface area contributed by atoms with E-state index in [-0.39, 0.29) is 12.8 Å². The van der Waals surface area contributed by atoms with Crippen LogP contribution in [0.3, 0.4) is 0 Å². The first kappa shape index (κ1) is 57.1. The standard InChI is InChI=1S/C49H97NO10/c1-3-5-7-8-9-10-11-12-13-14-15-16-17-18-19-20-21-22-23-24-25-26-27-28-29-30-31-32-33-34-35-37-42(53)48(58)50-40(44(54)41(52)36-6-4-2)39-59-49-47(57)46(56)45(55)43(38-51)60-49/h40-47,49,51-57H,3-39H2,1-2H3,(H,50,58). The van der Waals surface area contributed by atoms with Gasteiger partial charge in [0.1, 0.15) is 36.6 Å². The molecule has 11 nitrogen and oxygen atoms in total. The Bertz CT molecular complexity index is 944. The molecule has 9 atom stereocenters. The summed E-state index contributed by atoms with van der Waals surface area (Å²) in [6.45, 7) is 3.18. The molecular formula is C49H97NO10. The number of nitrogens with one attached hydrogen (secondary N) is 1. The quantitative estimate of drug-likeness (QED) is 0.0275. The summed E-state index contributed by atoms with van der Waals surface area (Å²) < 4.78 is 10.9.